The zero-order valence-corrected chi connectivity index (χ0v) is 10.9. The first-order valence-corrected chi connectivity index (χ1v) is 6.41. The van der Waals surface area contributed by atoms with Crippen molar-refractivity contribution in [2.45, 2.75) is 6.42 Å². The number of anilines is 2. The number of aromatic nitrogens is 1. The molecule has 100 valence electrons. The smallest absolute Gasteiger partial charge is 0.128 e. The normalized spacial score (nSPS) is 10.4. The second-order valence-corrected chi connectivity index (χ2v) is 4.40. The van der Waals surface area contributed by atoms with Crippen LogP contribution in [0.1, 0.15) is 5.56 Å². The second kappa shape index (κ2) is 6.75. The molecule has 2 aromatic rings. The predicted molar refractivity (Wildman–Crippen MR) is 78.1 cm³/mol. The maximum absolute atomic E-state index is 9.16. The minimum atomic E-state index is 0.112. The van der Waals surface area contributed by atoms with Crippen LogP contribution in [0.25, 0.3) is 0 Å². The van der Waals surface area contributed by atoms with Crippen LogP contribution in [0.3, 0.4) is 0 Å². The Bertz CT molecular complexity index is 485. The van der Waals surface area contributed by atoms with Gasteiger partial charge in [-0.1, -0.05) is 30.3 Å². The average molecular weight is 257 g/mol. The van der Waals surface area contributed by atoms with E-state index in [0.717, 1.165) is 18.8 Å². The molecule has 4 heteroatoms. The summed E-state index contributed by atoms with van der Waals surface area (Å²) in [6, 6.07) is 14.0. The number of rotatable bonds is 6. The van der Waals surface area contributed by atoms with Crippen LogP contribution in [-0.2, 0) is 6.42 Å². The van der Waals surface area contributed by atoms with Crippen LogP contribution in [0.2, 0.25) is 0 Å². The van der Waals surface area contributed by atoms with E-state index >= 15 is 0 Å². The summed E-state index contributed by atoms with van der Waals surface area (Å²) in [6.07, 6.45) is 2.56. The van der Waals surface area contributed by atoms with Crippen LogP contribution in [0, 0.1) is 0 Å². The molecule has 1 aromatic heterocycles. The summed E-state index contributed by atoms with van der Waals surface area (Å²) in [7, 11) is 0. The Hall–Kier alpha value is -2.07. The molecule has 1 aromatic carbocycles. The van der Waals surface area contributed by atoms with Crippen LogP contribution in [0.5, 0.6) is 0 Å². The van der Waals surface area contributed by atoms with Gasteiger partial charge in [0.1, 0.15) is 5.82 Å². The highest BCUT2D eigenvalue weighted by atomic mass is 16.3. The SMILES string of the molecule is Nc1ccc(N(CCO)CCc2ccccc2)nc1. The number of pyridine rings is 1. The predicted octanol–water partition coefficient (Wildman–Crippen LogP) is 1.71. The first-order valence-electron chi connectivity index (χ1n) is 6.41. The van der Waals surface area contributed by atoms with E-state index in [1.54, 1.807) is 6.20 Å². The maximum atomic E-state index is 9.16. The first kappa shape index (κ1) is 13.4. The minimum Gasteiger partial charge on any atom is -0.397 e. The zero-order chi connectivity index (χ0) is 13.5. The van der Waals surface area contributed by atoms with Gasteiger partial charge in [0.2, 0.25) is 0 Å². The molecule has 2 rings (SSSR count). The number of nitrogens with zero attached hydrogens (tertiary/aromatic N) is 2. The lowest BCUT2D eigenvalue weighted by molar-refractivity contribution is 0.301. The van der Waals surface area contributed by atoms with E-state index in [4.69, 9.17) is 10.8 Å². The Morgan fingerprint density at radius 2 is 1.84 bits per heavy atom. The Balaban J connectivity index is 2.02. The monoisotopic (exact) mass is 257 g/mol. The van der Waals surface area contributed by atoms with E-state index in [2.05, 4.69) is 22.0 Å². The van der Waals surface area contributed by atoms with Gasteiger partial charge in [0.15, 0.2) is 0 Å². The summed E-state index contributed by atoms with van der Waals surface area (Å²) in [6.45, 7) is 1.51. The van der Waals surface area contributed by atoms with Crippen molar-refractivity contribution in [2.24, 2.45) is 0 Å². The summed E-state index contributed by atoms with van der Waals surface area (Å²) in [5.41, 5.74) is 7.56. The molecule has 0 fully saturated rings. The zero-order valence-electron chi connectivity index (χ0n) is 10.9. The van der Waals surface area contributed by atoms with Gasteiger partial charge < -0.3 is 15.7 Å². The molecule has 0 radical (unpaired) electrons. The molecule has 1 heterocycles. The Labute approximate surface area is 113 Å². The van der Waals surface area contributed by atoms with Crippen molar-refractivity contribution < 1.29 is 5.11 Å². The summed E-state index contributed by atoms with van der Waals surface area (Å²) in [5, 5.41) is 9.16. The molecule has 0 aliphatic heterocycles. The van der Waals surface area contributed by atoms with Crippen molar-refractivity contribution in [3.8, 4) is 0 Å². The van der Waals surface area contributed by atoms with Crippen molar-refractivity contribution in [2.75, 3.05) is 30.3 Å². The maximum Gasteiger partial charge on any atom is 0.128 e. The number of hydrogen-bond acceptors (Lipinski definition) is 4. The Morgan fingerprint density at radius 1 is 1.05 bits per heavy atom. The number of hydrogen-bond donors (Lipinski definition) is 2. The standard InChI is InChI=1S/C15H19N3O/c16-14-6-7-15(17-12-14)18(10-11-19)9-8-13-4-2-1-3-5-13/h1-7,12,19H,8-11,16H2. The molecule has 0 unspecified atom stereocenters. The van der Waals surface area contributed by atoms with Crippen molar-refractivity contribution in [3.63, 3.8) is 0 Å². The summed E-state index contributed by atoms with van der Waals surface area (Å²) < 4.78 is 0. The highest BCUT2D eigenvalue weighted by Gasteiger charge is 2.07. The molecule has 0 saturated carbocycles. The number of nitrogens with two attached hydrogens (primary N) is 1. The molecule has 19 heavy (non-hydrogen) atoms. The summed E-state index contributed by atoms with van der Waals surface area (Å²) in [4.78, 5) is 6.36. The lowest BCUT2D eigenvalue weighted by Gasteiger charge is -2.22. The van der Waals surface area contributed by atoms with Crippen molar-refractivity contribution in [1.29, 1.82) is 0 Å². The molecule has 0 aliphatic rings. The van der Waals surface area contributed by atoms with Gasteiger partial charge in [0.25, 0.3) is 0 Å². The van der Waals surface area contributed by atoms with Crippen LogP contribution in [0.4, 0.5) is 11.5 Å². The summed E-state index contributed by atoms with van der Waals surface area (Å²) in [5.74, 6) is 0.846. The molecule has 0 atom stereocenters. The van der Waals surface area contributed by atoms with E-state index in [1.165, 1.54) is 5.56 Å². The topological polar surface area (TPSA) is 62.4 Å². The van der Waals surface area contributed by atoms with Gasteiger partial charge in [-0.2, -0.15) is 0 Å². The fraction of sp³-hybridized carbons (Fsp3) is 0.267. The van der Waals surface area contributed by atoms with Gasteiger partial charge in [-0.25, -0.2) is 4.98 Å². The van der Waals surface area contributed by atoms with Gasteiger partial charge in [0.05, 0.1) is 18.5 Å². The average Bonchev–Trinajstić information content (AvgIpc) is 2.46. The largest absolute Gasteiger partial charge is 0.397 e. The quantitative estimate of drug-likeness (QED) is 0.827. The fourth-order valence-corrected chi connectivity index (χ4v) is 1.95. The lowest BCUT2D eigenvalue weighted by atomic mass is 10.1. The lowest BCUT2D eigenvalue weighted by Crippen LogP contribution is -2.29. The third-order valence-electron chi connectivity index (χ3n) is 2.98. The molecular formula is C15H19N3O. The molecule has 0 saturated heterocycles. The second-order valence-electron chi connectivity index (χ2n) is 4.40. The summed E-state index contributed by atoms with van der Waals surface area (Å²) >= 11 is 0. The Kier molecular flexibility index (Phi) is 4.75. The molecular weight excluding hydrogens is 238 g/mol. The van der Waals surface area contributed by atoms with Gasteiger partial charge in [-0.05, 0) is 24.1 Å². The van der Waals surface area contributed by atoms with E-state index < -0.39 is 0 Å². The van der Waals surface area contributed by atoms with Gasteiger partial charge >= 0.3 is 0 Å². The minimum absolute atomic E-state index is 0.112. The third-order valence-corrected chi connectivity index (χ3v) is 2.98. The molecule has 0 amide bonds. The number of nitrogen functional groups attached to an aromatic ring is 1. The molecule has 3 N–H and O–H groups in total. The van der Waals surface area contributed by atoms with Gasteiger partial charge in [0, 0.05) is 13.1 Å². The van der Waals surface area contributed by atoms with Gasteiger partial charge in [-0.15, -0.1) is 0 Å². The highest BCUT2D eigenvalue weighted by molar-refractivity contribution is 5.45. The van der Waals surface area contributed by atoms with E-state index in [-0.39, 0.29) is 6.61 Å². The van der Waals surface area contributed by atoms with Crippen molar-refractivity contribution >= 4 is 11.5 Å². The van der Waals surface area contributed by atoms with E-state index in [9.17, 15) is 0 Å². The van der Waals surface area contributed by atoms with E-state index in [1.807, 2.05) is 30.3 Å². The third kappa shape index (κ3) is 3.96. The number of benzene rings is 1. The van der Waals surface area contributed by atoms with Crippen LogP contribution >= 0.6 is 0 Å². The molecule has 4 nitrogen and oxygen atoms in total. The molecule has 0 bridgehead atoms. The van der Waals surface area contributed by atoms with Crippen LogP contribution < -0.4 is 10.6 Å². The molecule has 0 aliphatic carbocycles. The number of aliphatic hydroxyl groups is 1. The van der Waals surface area contributed by atoms with Gasteiger partial charge in [-0.3, -0.25) is 0 Å². The molecule has 0 spiro atoms. The van der Waals surface area contributed by atoms with Crippen molar-refractivity contribution in [1.82, 2.24) is 4.98 Å². The van der Waals surface area contributed by atoms with Crippen LogP contribution in [-0.4, -0.2) is 29.8 Å². The number of aliphatic hydroxyl groups excluding tert-OH is 1. The van der Waals surface area contributed by atoms with Crippen molar-refractivity contribution in [3.05, 3.63) is 54.2 Å². The highest BCUT2D eigenvalue weighted by Crippen LogP contribution is 2.13. The van der Waals surface area contributed by atoms with Crippen LogP contribution in [0.15, 0.2) is 48.7 Å². The first-order chi connectivity index (χ1) is 9.29. The Morgan fingerprint density at radius 3 is 2.47 bits per heavy atom. The van der Waals surface area contributed by atoms with E-state index in [0.29, 0.717) is 12.2 Å². The fourth-order valence-electron chi connectivity index (χ4n) is 1.95.